The van der Waals surface area contributed by atoms with E-state index >= 15 is 0 Å². The minimum Gasteiger partial charge on any atom is -0.479 e. The summed E-state index contributed by atoms with van der Waals surface area (Å²) in [6.45, 7) is -1.20. The number of hydrogen-bond donors (Lipinski definition) is 1. The summed E-state index contributed by atoms with van der Waals surface area (Å²) in [6.07, 6.45) is 1.65. The molecule has 1 aromatic carbocycles. The minimum atomic E-state index is -0.861. The third-order valence-corrected chi connectivity index (χ3v) is 2.98. The van der Waals surface area contributed by atoms with Gasteiger partial charge in [-0.2, -0.15) is 0 Å². The number of amides is 2. The molecule has 1 aromatic heterocycles. The predicted molar refractivity (Wildman–Crippen MR) is 80.7 cm³/mol. The number of imide groups is 1. The van der Waals surface area contributed by atoms with E-state index in [1.807, 2.05) is 0 Å². The molecule has 1 heterocycles. The number of hydrogen-bond acceptors (Lipinski definition) is 5. The molecular weight excluding hydrogens is 319 g/mol. The van der Waals surface area contributed by atoms with Gasteiger partial charge in [-0.25, -0.2) is 9.18 Å². The molecule has 0 unspecified atom stereocenters. The van der Waals surface area contributed by atoms with Gasteiger partial charge in [0.15, 0.2) is 24.8 Å². The maximum Gasteiger partial charge on any atom is 0.344 e. The van der Waals surface area contributed by atoms with Crippen LogP contribution in [0.3, 0.4) is 0 Å². The van der Waals surface area contributed by atoms with E-state index in [1.165, 1.54) is 28.8 Å². The smallest absolute Gasteiger partial charge is 0.344 e. The summed E-state index contributed by atoms with van der Waals surface area (Å²) in [5, 5.41) is 2.08. The lowest BCUT2D eigenvalue weighted by atomic mass is 10.3. The molecule has 2 amide bonds. The molecule has 0 spiro atoms. The summed E-state index contributed by atoms with van der Waals surface area (Å²) in [5.74, 6) is -2.96. The lowest BCUT2D eigenvalue weighted by Crippen LogP contribution is -2.35. The van der Waals surface area contributed by atoms with Gasteiger partial charge >= 0.3 is 5.97 Å². The molecule has 0 bridgehead atoms. The first-order chi connectivity index (χ1) is 11.5. The van der Waals surface area contributed by atoms with Gasteiger partial charge in [-0.1, -0.05) is 12.1 Å². The number of rotatable bonds is 6. The van der Waals surface area contributed by atoms with Crippen molar-refractivity contribution in [2.75, 3.05) is 13.2 Å². The fourth-order valence-corrected chi connectivity index (χ4v) is 1.81. The SMILES string of the molecule is Cn1cccc1C(=O)NC(=O)COC(=O)COc1ccccc1F. The number of ether oxygens (including phenoxy) is 2. The van der Waals surface area contributed by atoms with Gasteiger partial charge in [-0.15, -0.1) is 0 Å². The van der Waals surface area contributed by atoms with E-state index in [4.69, 9.17) is 4.74 Å². The Morgan fingerprint density at radius 1 is 1.12 bits per heavy atom. The van der Waals surface area contributed by atoms with Crippen molar-refractivity contribution >= 4 is 17.8 Å². The second-order valence-electron chi connectivity index (χ2n) is 4.76. The van der Waals surface area contributed by atoms with E-state index in [2.05, 4.69) is 10.1 Å². The van der Waals surface area contributed by atoms with Crippen LogP contribution in [0.25, 0.3) is 0 Å². The van der Waals surface area contributed by atoms with Gasteiger partial charge in [0.2, 0.25) is 0 Å². The number of carbonyl (C=O) groups excluding carboxylic acids is 3. The third kappa shape index (κ3) is 4.67. The van der Waals surface area contributed by atoms with Crippen molar-refractivity contribution in [3.8, 4) is 5.75 Å². The predicted octanol–water partition coefficient (Wildman–Crippen LogP) is 1.04. The molecule has 7 nitrogen and oxygen atoms in total. The highest BCUT2D eigenvalue weighted by Gasteiger charge is 2.15. The average Bonchev–Trinajstić information content (AvgIpc) is 2.98. The largest absolute Gasteiger partial charge is 0.479 e. The van der Waals surface area contributed by atoms with E-state index in [0.717, 1.165) is 0 Å². The van der Waals surface area contributed by atoms with Crippen LogP contribution in [0.1, 0.15) is 10.5 Å². The standard InChI is InChI=1S/C16H15FN2O5/c1-19-8-4-6-12(19)16(22)18-14(20)9-24-15(21)10-23-13-7-3-2-5-11(13)17/h2-8H,9-10H2,1H3,(H,18,20,22). The molecule has 0 fully saturated rings. The summed E-state index contributed by atoms with van der Waals surface area (Å²) in [6, 6.07) is 8.76. The van der Waals surface area contributed by atoms with Crippen molar-refractivity contribution in [2.24, 2.45) is 7.05 Å². The highest BCUT2D eigenvalue weighted by molar-refractivity contribution is 6.04. The fourth-order valence-electron chi connectivity index (χ4n) is 1.81. The Labute approximate surface area is 137 Å². The normalized spacial score (nSPS) is 10.1. The quantitative estimate of drug-likeness (QED) is 0.798. The number of para-hydroxylation sites is 1. The van der Waals surface area contributed by atoms with Gasteiger partial charge < -0.3 is 14.0 Å². The number of nitrogens with zero attached hydrogens (tertiary/aromatic N) is 1. The van der Waals surface area contributed by atoms with Gasteiger partial charge in [-0.05, 0) is 24.3 Å². The zero-order valence-corrected chi connectivity index (χ0v) is 12.8. The van der Waals surface area contributed by atoms with Crippen molar-refractivity contribution in [3.05, 3.63) is 54.1 Å². The molecule has 8 heteroatoms. The number of aryl methyl sites for hydroxylation is 1. The Balaban J connectivity index is 1.73. The van der Waals surface area contributed by atoms with Gasteiger partial charge in [0.05, 0.1) is 0 Å². The molecule has 0 aliphatic heterocycles. The monoisotopic (exact) mass is 334 g/mol. The highest BCUT2D eigenvalue weighted by Crippen LogP contribution is 2.14. The van der Waals surface area contributed by atoms with E-state index < -0.39 is 36.8 Å². The van der Waals surface area contributed by atoms with Crippen LogP contribution in [0.5, 0.6) is 5.75 Å². The van der Waals surface area contributed by atoms with Gasteiger partial charge in [-0.3, -0.25) is 14.9 Å². The molecule has 0 saturated heterocycles. The first kappa shape index (κ1) is 17.2. The van der Waals surface area contributed by atoms with Crippen molar-refractivity contribution in [1.82, 2.24) is 9.88 Å². The molecule has 0 aliphatic rings. The van der Waals surface area contributed by atoms with Crippen molar-refractivity contribution < 1.29 is 28.2 Å². The third-order valence-electron chi connectivity index (χ3n) is 2.98. The molecule has 1 N–H and O–H groups in total. The Kier molecular flexibility index (Phi) is 5.67. The highest BCUT2D eigenvalue weighted by atomic mass is 19.1. The number of halogens is 1. The molecule has 126 valence electrons. The van der Waals surface area contributed by atoms with Crippen molar-refractivity contribution in [2.45, 2.75) is 0 Å². The maximum atomic E-state index is 13.3. The average molecular weight is 334 g/mol. The van der Waals surface area contributed by atoms with Crippen molar-refractivity contribution in [3.63, 3.8) is 0 Å². The number of aromatic nitrogens is 1. The lowest BCUT2D eigenvalue weighted by Gasteiger charge is -2.08. The van der Waals surface area contributed by atoms with Gasteiger partial charge in [0, 0.05) is 13.2 Å². The summed E-state index contributed by atoms with van der Waals surface area (Å²) in [5.41, 5.74) is 0.289. The number of benzene rings is 1. The molecule has 0 aliphatic carbocycles. The first-order valence-electron chi connectivity index (χ1n) is 6.96. The maximum absolute atomic E-state index is 13.3. The molecule has 0 saturated carbocycles. The molecule has 2 rings (SSSR count). The summed E-state index contributed by atoms with van der Waals surface area (Å²) in [7, 11) is 1.65. The van der Waals surface area contributed by atoms with Crippen LogP contribution in [-0.2, 0) is 21.4 Å². The lowest BCUT2D eigenvalue weighted by molar-refractivity contribution is -0.150. The second kappa shape index (κ2) is 7.91. The van der Waals surface area contributed by atoms with Crippen molar-refractivity contribution in [1.29, 1.82) is 0 Å². The molecule has 0 radical (unpaired) electrons. The summed E-state index contributed by atoms with van der Waals surface area (Å²) < 4.78 is 24.4. The number of esters is 1. The number of carbonyl (C=O) groups is 3. The Morgan fingerprint density at radius 3 is 2.54 bits per heavy atom. The topological polar surface area (TPSA) is 86.6 Å². The van der Waals surface area contributed by atoms with Crippen LogP contribution in [-0.4, -0.2) is 35.6 Å². The fraction of sp³-hybridized carbons (Fsp3) is 0.188. The summed E-state index contributed by atoms with van der Waals surface area (Å²) in [4.78, 5) is 34.8. The summed E-state index contributed by atoms with van der Waals surface area (Å²) >= 11 is 0. The van der Waals surface area contributed by atoms with Gasteiger partial charge in [0.25, 0.3) is 11.8 Å². The molecular formula is C16H15FN2O5. The minimum absolute atomic E-state index is 0.0993. The molecule has 24 heavy (non-hydrogen) atoms. The molecule has 0 atom stereocenters. The Morgan fingerprint density at radius 2 is 1.88 bits per heavy atom. The first-order valence-corrected chi connectivity index (χ1v) is 6.96. The van der Waals surface area contributed by atoms with Crippen LogP contribution in [0, 0.1) is 5.82 Å². The Hall–Kier alpha value is -3.16. The number of nitrogens with one attached hydrogen (secondary N) is 1. The van der Waals surface area contributed by atoms with Crippen LogP contribution < -0.4 is 10.1 Å². The van der Waals surface area contributed by atoms with E-state index in [0.29, 0.717) is 0 Å². The van der Waals surface area contributed by atoms with E-state index in [1.54, 1.807) is 25.4 Å². The zero-order chi connectivity index (χ0) is 17.5. The van der Waals surface area contributed by atoms with E-state index in [-0.39, 0.29) is 11.4 Å². The zero-order valence-electron chi connectivity index (χ0n) is 12.8. The van der Waals surface area contributed by atoms with Gasteiger partial charge in [0.1, 0.15) is 5.69 Å². The second-order valence-corrected chi connectivity index (χ2v) is 4.76. The van der Waals surface area contributed by atoms with Crippen LogP contribution in [0.15, 0.2) is 42.6 Å². The van der Waals surface area contributed by atoms with Crippen LogP contribution in [0.2, 0.25) is 0 Å². The Bertz CT molecular complexity index is 756. The molecule has 2 aromatic rings. The van der Waals surface area contributed by atoms with Crippen LogP contribution >= 0.6 is 0 Å². The van der Waals surface area contributed by atoms with Crippen LogP contribution in [0.4, 0.5) is 4.39 Å². The van der Waals surface area contributed by atoms with E-state index in [9.17, 15) is 18.8 Å².